The van der Waals surface area contributed by atoms with E-state index < -0.39 is 17.5 Å². The van der Waals surface area contributed by atoms with Gasteiger partial charge in [-0.3, -0.25) is 4.79 Å². The van der Waals surface area contributed by atoms with Gasteiger partial charge in [0.15, 0.2) is 0 Å². The molecule has 106 valence electrons. The normalized spacial score (nSPS) is 41.6. The highest BCUT2D eigenvalue weighted by Gasteiger charge is 2.62. The molecular formula is C15H22O4. The molecule has 4 nitrogen and oxygen atoms in total. The monoisotopic (exact) mass is 266 g/mol. The fraction of sp³-hybridized carbons (Fsp3) is 0.733. The van der Waals surface area contributed by atoms with Crippen molar-refractivity contribution in [3.63, 3.8) is 0 Å². The summed E-state index contributed by atoms with van der Waals surface area (Å²) in [5, 5.41) is 19.4. The van der Waals surface area contributed by atoms with Gasteiger partial charge in [0, 0.05) is 5.57 Å². The maximum atomic E-state index is 12.2. The molecule has 2 aliphatic rings. The number of carboxylic acids is 1. The van der Waals surface area contributed by atoms with Crippen molar-refractivity contribution in [2.24, 2.45) is 16.7 Å². The lowest BCUT2D eigenvalue weighted by molar-refractivity contribution is -0.148. The minimum atomic E-state index is -1.00. The van der Waals surface area contributed by atoms with E-state index in [1.807, 2.05) is 0 Å². The molecule has 2 rings (SSSR count). The van der Waals surface area contributed by atoms with Gasteiger partial charge >= 0.3 is 5.97 Å². The summed E-state index contributed by atoms with van der Waals surface area (Å²) >= 11 is 0. The van der Waals surface area contributed by atoms with E-state index >= 15 is 0 Å². The number of Topliss-reactive ketones (excluding diaryl/α,β-unsaturated/α-hetero) is 1. The predicted molar refractivity (Wildman–Crippen MR) is 70.6 cm³/mol. The van der Waals surface area contributed by atoms with Gasteiger partial charge in [-0.15, -0.1) is 0 Å². The summed E-state index contributed by atoms with van der Waals surface area (Å²) in [6.07, 6.45) is 2.75. The largest absolute Gasteiger partial charge is 0.478 e. The lowest BCUT2D eigenvalue weighted by atomic mass is 9.53. The van der Waals surface area contributed by atoms with Crippen LogP contribution in [0, 0.1) is 16.7 Å². The Morgan fingerprint density at radius 3 is 2.37 bits per heavy atom. The van der Waals surface area contributed by atoms with Crippen LogP contribution in [0.1, 0.15) is 46.0 Å². The minimum Gasteiger partial charge on any atom is -0.478 e. The predicted octanol–water partition coefficient (Wildman–Crippen LogP) is 2.16. The van der Waals surface area contributed by atoms with E-state index in [9.17, 15) is 14.7 Å². The standard InChI is InChI=1S/C15H22O4/c1-9(13(18)19)11-4-6-14(3)7-5-12(17)15(14,8-11)10(2)16/h11-12,17H,1,4-8H2,2-3H3,(H,18,19)/t11-,12+,14-,15+/m1/s1. The van der Waals surface area contributed by atoms with Gasteiger partial charge in [-0.25, -0.2) is 4.79 Å². The number of fused-ring (bicyclic) bond motifs is 1. The number of hydrogen-bond acceptors (Lipinski definition) is 3. The average Bonchev–Trinajstić information content (AvgIpc) is 2.61. The second kappa shape index (κ2) is 4.44. The highest BCUT2D eigenvalue weighted by atomic mass is 16.4. The van der Waals surface area contributed by atoms with E-state index in [1.54, 1.807) is 0 Å². The molecule has 0 heterocycles. The Hall–Kier alpha value is -1.16. The van der Waals surface area contributed by atoms with Gasteiger partial charge in [0.1, 0.15) is 5.78 Å². The molecule has 0 spiro atoms. The van der Waals surface area contributed by atoms with Crippen molar-refractivity contribution >= 4 is 11.8 Å². The molecule has 4 atom stereocenters. The van der Waals surface area contributed by atoms with Crippen LogP contribution >= 0.6 is 0 Å². The van der Waals surface area contributed by atoms with E-state index in [-0.39, 0.29) is 22.7 Å². The second-order valence-electron chi connectivity index (χ2n) is 6.41. The molecule has 0 aliphatic heterocycles. The third-order valence-corrected chi connectivity index (χ3v) is 5.62. The third kappa shape index (κ3) is 1.84. The number of ketones is 1. The van der Waals surface area contributed by atoms with Crippen molar-refractivity contribution in [1.82, 2.24) is 0 Å². The smallest absolute Gasteiger partial charge is 0.331 e. The molecule has 0 saturated heterocycles. The zero-order chi connectivity index (χ0) is 14.4. The zero-order valence-corrected chi connectivity index (χ0v) is 11.6. The Kier molecular flexibility index (Phi) is 3.33. The van der Waals surface area contributed by atoms with E-state index in [1.165, 1.54) is 6.92 Å². The number of hydrogen-bond donors (Lipinski definition) is 2. The number of carbonyl (C=O) groups excluding carboxylic acids is 1. The Morgan fingerprint density at radius 2 is 1.84 bits per heavy atom. The molecule has 0 aromatic heterocycles. The number of aliphatic hydroxyl groups is 1. The van der Waals surface area contributed by atoms with Crippen LogP contribution in [0.2, 0.25) is 0 Å². The topological polar surface area (TPSA) is 74.6 Å². The maximum Gasteiger partial charge on any atom is 0.331 e. The third-order valence-electron chi connectivity index (χ3n) is 5.62. The highest BCUT2D eigenvalue weighted by Crippen LogP contribution is 2.63. The van der Waals surface area contributed by atoms with Gasteiger partial charge < -0.3 is 10.2 Å². The fourth-order valence-corrected chi connectivity index (χ4v) is 4.32. The van der Waals surface area contributed by atoms with Crippen molar-refractivity contribution in [1.29, 1.82) is 0 Å². The first-order chi connectivity index (χ1) is 8.74. The Labute approximate surface area is 113 Å². The molecule has 2 fully saturated rings. The van der Waals surface area contributed by atoms with Crippen LogP contribution in [0.3, 0.4) is 0 Å². The highest BCUT2D eigenvalue weighted by molar-refractivity contribution is 5.88. The summed E-state index contributed by atoms with van der Waals surface area (Å²) < 4.78 is 0. The summed E-state index contributed by atoms with van der Waals surface area (Å²) in [6.45, 7) is 7.22. The van der Waals surface area contributed by atoms with E-state index in [0.717, 1.165) is 19.3 Å². The van der Waals surface area contributed by atoms with Gasteiger partial charge in [0.05, 0.1) is 11.5 Å². The van der Waals surface area contributed by atoms with Gasteiger partial charge in [-0.05, 0) is 50.4 Å². The molecule has 19 heavy (non-hydrogen) atoms. The number of rotatable bonds is 3. The molecule has 0 amide bonds. The van der Waals surface area contributed by atoms with Gasteiger partial charge in [-0.2, -0.15) is 0 Å². The van der Waals surface area contributed by atoms with E-state index in [4.69, 9.17) is 5.11 Å². The van der Waals surface area contributed by atoms with Gasteiger partial charge in [0.25, 0.3) is 0 Å². The quantitative estimate of drug-likeness (QED) is 0.768. The van der Waals surface area contributed by atoms with Crippen LogP contribution in [-0.4, -0.2) is 28.1 Å². The van der Waals surface area contributed by atoms with E-state index in [0.29, 0.717) is 12.8 Å². The summed E-state index contributed by atoms with van der Waals surface area (Å²) in [5.41, 5.74) is -0.816. The van der Waals surface area contributed by atoms with Crippen LogP contribution < -0.4 is 0 Å². The fourth-order valence-electron chi connectivity index (χ4n) is 4.32. The second-order valence-corrected chi connectivity index (χ2v) is 6.41. The number of aliphatic carboxylic acids is 1. The lowest BCUT2D eigenvalue weighted by Crippen LogP contribution is -2.52. The first kappa shape index (κ1) is 14.3. The summed E-state index contributed by atoms with van der Waals surface area (Å²) in [4.78, 5) is 23.3. The molecule has 2 N–H and O–H groups in total. The minimum absolute atomic E-state index is 0.0112. The zero-order valence-electron chi connectivity index (χ0n) is 11.6. The van der Waals surface area contributed by atoms with Crippen molar-refractivity contribution in [3.05, 3.63) is 12.2 Å². The first-order valence-electron chi connectivity index (χ1n) is 6.86. The molecule has 4 heteroatoms. The summed E-state index contributed by atoms with van der Waals surface area (Å²) in [5.74, 6) is -1.22. The summed E-state index contributed by atoms with van der Waals surface area (Å²) in [7, 11) is 0. The number of carbonyl (C=O) groups is 2. The number of carboxylic acid groups (broad SMARTS) is 1. The average molecular weight is 266 g/mol. The van der Waals surface area contributed by atoms with Crippen LogP contribution in [0.4, 0.5) is 0 Å². The molecule has 2 aliphatic carbocycles. The molecule has 0 radical (unpaired) electrons. The molecule has 2 saturated carbocycles. The maximum absolute atomic E-state index is 12.2. The molecular weight excluding hydrogens is 244 g/mol. The van der Waals surface area contributed by atoms with Crippen LogP contribution in [0.5, 0.6) is 0 Å². The lowest BCUT2D eigenvalue weighted by Gasteiger charge is -2.50. The van der Waals surface area contributed by atoms with E-state index in [2.05, 4.69) is 13.5 Å². The molecule has 0 aromatic rings. The van der Waals surface area contributed by atoms with Gasteiger partial charge in [-0.1, -0.05) is 13.5 Å². The molecule has 0 bridgehead atoms. The van der Waals surface area contributed by atoms with Crippen LogP contribution in [-0.2, 0) is 9.59 Å². The Morgan fingerprint density at radius 1 is 1.26 bits per heavy atom. The SMILES string of the molecule is C=C(C(=O)O)[C@@H]1CC[C@]2(C)CC[C@H](O)[C@@]2(C(C)=O)C1. The first-order valence-corrected chi connectivity index (χ1v) is 6.86. The van der Waals surface area contributed by atoms with Crippen molar-refractivity contribution < 1.29 is 19.8 Å². The Bertz CT molecular complexity index is 441. The van der Waals surface area contributed by atoms with Crippen molar-refractivity contribution in [2.45, 2.75) is 52.1 Å². The molecule has 0 aromatic carbocycles. The van der Waals surface area contributed by atoms with Crippen LogP contribution in [0.15, 0.2) is 12.2 Å². The van der Waals surface area contributed by atoms with Crippen molar-refractivity contribution in [2.75, 3.05) is 0 Å². The van der Waals surface area contributed by atoms with Crippen LogP contribution in [0.25, 0.3) is 0 Å². The molecule has 0 unspecified atom stereocenters. The Balaban J connectivity index is 2.37. The van der Waals surface area contributed by atoms with Crippen molar-refractivity contribution in [3.8, 4) is 0 Å². The van der Waals surface area contributed by atoms with Gasteiger partial charge in [0.2, 0.25) is 0 Å². The summed E-state index contributed by atoms with van der Waals surface area (Å²) in [6, 6.07) is 0. The number of aliphatic hydroxyl groups excluding tert-OH is 1.